The third-order valence-corrected chi connectivity index (χ3v) is 12.5. The van der Waals surface area contributed by atoms with Crippen molar-refractivity contribution < 1.29 is 28.6 Å². The molecule has 0 aromatic rings. The molecule has 0 aliphatic rings. The second kappa shape index (κ2) is 49.4. The van der Waals surface area contributed by atoms with E-state index in [9.17, 15) is 14.4 Å². The third kappa shape index (κ3) is 49.3. The molecule has 0 bridgehead atoms. The molecule has 0 aliphatic heterocycles. The smallest absolute Gasteiger partial charge is 0.306 e. The van der Waals surface area contributed by atoms with Gasteiger partial charge in [-0.05, 0) is 25.2 Å². The Morgan fingerprint density at radius 1 is 0.311 bits per heavy atom. The van der Waals surface area contributed by atoms with Crippen LogP contribution in [0.3, 0.4) is 0 Å². The normalized spacial score (nSPS) is 12.0. The Balaban J connectivity index is 4.21. The molecule has 362 valence electrons. The van der Waals surface area contributed by atoms with Gasteiger partial charge in [-0.2, -0.15) is 0 Å². The molecule has 6 heteroatoms. The SMILES string of the molecule is CCCCCCCCCCCCCCCCCCCCCC(=O)OC[C@H](COC(=O)CCCCCCCCCCCCCC(C)C)OC(=O)CCCCCCCCCCCC. The average molecular weight is 863 g/mol. The number of hydrogen-bond acceptors (Lipinski definition) is 6. The molecule has 0 aliphatic carbocycles. The van der Waals surface area contributed by atoms with E-state index in [4.69, 9.17) is 14.2 Å². The molecule has 0 unspecified atom stereocenters. The van der Waals surface area contributed by atoms with Crippen LogP contribution in [0.25, 0.3) is 0 Å². The van der Waals surface area contributed by atoms with Crippen LogP contribution in [-0.2, 0) is 28.6 Å². The monoisotopic (exact) mass is 863 g/mol. The number of unbranched alkanes of at least 4 members (excludes halogenated alkanes) is 37. The molecule has 0 fully saturated rings. The van der Waals surface area contributed by atoms with E-state index in [0.29, 0.717) is 19.3 Å². The van der Waals surface area contributed by atoms with Gasteiger partial charge in [-0.15, -0.1) is 0 Å². The predicted molar refractivity (Wildman–Crippen MR) is 261 cm³/mol. The second-order valence-electron chi connectivity index (χ2n) is 19.3. The van der Waals surface area contributed by atoms with Crippen molar-refractivity contribution in [2.75, 3.05) is 13.2 Å². The van der Waals surface area contributed by atoms with Crippen molar-refractivity contribution in [1.82, 2.24) is 0 Å². The maximum atomic E-state index is 12.8. The quantitative estimate of drug-likeness (QED) is 0.0344. The molecule has 61 heavy (non-hydrogen) atoms. The van der Waals surface area contributed by atoms with E-state index in [-0.39, 0.29) is 31.1 Å². The summed E-state index contributed by atoms with van der Waals surface area (Å²) in [4.78, 5) is 38.0. The minimum Gasteiger partial charge on any atom is -0.462 e. The highest BCUT2D eigenvalue weighted by Crippen LogP contribution is 2.17. The van der Waals surface area contributed by atoms with E-state index in [0.717, 1.165) is 63.7 Å². The van der Waals surface area contributed by atoms with Crippen molar-refractivity contribution in [2.45, 2.75) is 316 Å². The fourth-order valence-electron chi connectivity index (χ4n) is 8.39. The predicted octanol–water partition coefficient (Wildman–Crippen LogP) is 17.8. The minimum absolute atomic E-state index is 0.0625. The zero-order valence-electron chi connectivity index (χ0n) is 41.6. The zero-order chi connectivity index (χ0) is 44.5. The number of rotatable bonds is 50. The molecule has 0 aromatic heterocycles. The van der Waals surface area contributed by atoms with Gasteiger partial charge in [0.15, 0.2) is 6.10 Å². The molecule has 0 saturated heterocycles. The molecule has 0 spiro atoms. The Hall–Kier alpha value is -1.59. The standard InChI is InChI=1S/C55H106O6/c1-5-7-9-11-13-15-17-18-19-20-21-22-23-24-27-31-34-38-42-46-53(56)59-49-52(61-55(58)48-44-40-36-30-16-14-12-10-8-6-2)50-60-54(57)47-43-39-35-32-28-25-26-29-33-37-41-45-51(3)4/h51-52H,5-50H2,1-4H3/t52-/m1/s1. The van der Waals surface area contributed by atoms with Crippen LogP contribution in [-0.4, -0.2) is 37.2 Å². The van der Waals surface area contributed by atoms with Crippen molar-refractivity contribution in [3.8, 4) is 0 Å². The van der Waals surface area contributed by atoms with Crippen LogP contribution >= 0.6 is 0 Å². The molecule has 0 heterocycles. The van der Waals surface area contributed by atoms with Crippen LogP contribution in [0.2, 0.25) is 0 Å². The first-order chi connectivity index (χ1) is 29.9. The van der Waals surface area contributed by atoms with Crippen LogP contribution in [0.1, 0.15) is 310 Å². The van der Waals surface area contributed by atoms with Crippen molar-refractivity contribution in [3.05, 3.63) is 0 Å². The van der Waals surface area contributed by atoms with E-state index < -0.39 is 6.10 Å². The first-order valence-corrected chi connectivity index (χ1v) is 27.4. The van der Waals surface area contributed by atoms with Gasteiger partial charge in [-0.3, -0.25) is 14.4 Å². The van der Waals surface area contributed by atoms with Gasteiger partial charge in [0.05, 0.1) is 0 Å². The number of esters is 3. The first-order valence-electron chi connectivity index (χ1n) is 27.4. The largest absolute Gasteiger partial charge is 0.462 e. The summed E-state index contributed by atoms with van der Waals surface area (Å²) < 4.78 is 16.8. The lowest BCUT2D eigenvalue weighted by Gasteiger charge is -2.18. The first kappa shape index (κ1) is 59.4. The van der Waals surface area contributed by atoms with Gasteiger partial charge in [-0.1, -0.05) is 272 Å². The number of ether oxygens (including phenoxy) is 3. The molecule has 0 N–H and O–H groups in total. The van der Waals surface area contributed by atoms with Crippen molar-refractivity contribution in [3.63, 3.8) is 0 Å². The Bertz CT molecular complexity index is 918. The fourth-order valence-corrected chi connectivity index (χ4v) is 8.39. The van der Waals surface area contributed by atoms with Crippen LogP contribution in [0.5, 0.6) is 0 Å². The molecule has 0 saturated carbocycles. The maximum absolute atomic E-state index is 12.8. The highest BCUT2D eigenvalue weighted by Gasteiger charge is 2.19. The van der Waals surface area contributed by atoms with Gasteiger partial charge in [0.2, 0.25) is 0 Å². The Labute approximate surface area is 380 Å². The summed E-state index contributed by atoms with van der Waals surface area (Å²) in [6.45, 7) is 9.02. The summed E-state index contributed by atoms with van der Waals surface area (Å²) in [7, 11) is 0. The Morgan fingerprint density at radius 3 is 0.803 bits per heavy atom. The number of hydrogen-bond donors (Lipinski definition) is 0. The highest BCUT2D eigenvalue weighted by atomic mass is 16.6. The lowest BCUT2D eigenvalue weighted by molar-refractivity contribution is -0.167. The topological polar surface area (TPSA) is 78.9 Å². The van der Waals surface area contributed by atoms with Gasteiger partial charge in [0, 0.05) is 19.3 Å². The van der Waals surface area contributed by atoms with Gasteiger partial charge >= 0.3 is 17.9 Å². The van der Waals surface area contributed by atoms with Gasteiger partial charge in [0.1, 0.15) is 13.2 Å². The maximum Gasteiger partial charge on any atom is 0.306 e. The van der Waals surface area contributed by atoms with E-state index in [1.807, 2.05) is 0 Å². The van der Waals surface area contributed by atoms with E-state index in [1.165, 1.54) is 205 Å². The number of carbonyl (C=O) groups excluding carboxylic acids is 3. The zero-order valence-corrected chi connectivity index (χ0v) is 41.6. The molecule has 0 radical (unpaired) electrons. The molecule has 0 amide bonds. The van der Waals surface area contributed by atoms with Crippen LogP contribution in [0.15, 0.2) is 0 Å². The molecule has 1 atom stereocenters. The van der Waals surface area contributed by atoms with Crippen LogP contribution < -0.4 is 0 Å². The minimum atomic E-state index is -0.760. The lowest BCUT2D eigenvalue weighted by Crippen LogP contribution is -2.30. The Morgan fingerprint density at radius 2 is 0.541 bits per heavy atom. The van der Waals surface area contributed by atoms with Gasteiger partial charge in [0.25, 0.3) is 0 Å². The highest BCUT2D eigenvalue weighted by molar-refractivity contribution is 5.71. The van der Waals surface area contributed by atoms with E-state index >= 15 is 0 Å². The molecular weight excluding hydrogens is 757 g/mol. The van der Waals surface area contributed by atoms with Crippen molar-refractivity contribution in [2.24, 2.45) is 5.92 Å². The van der Waals surface area contributed by atoms with Gasteiger partial charge < -0.3 is 14.2 Å². The molecular formula is C55H106O6. The summed E-state index contributed by atoms with van der Waals surface area (Å²) in [5, 5.41) is 0. The summed E-state index contributed by atoms with van der Waals surface area (Å²) in [6, 6.07) is 0. The van der Waals surface area contributed by atoms with Crippen molar-refractivity contribution in [1.29, 1.82) is 0 Å². The van der Waals surface area contributed by atoms with Crippen LogP contribution in [0.4, 0.5) is 0 Å². The van der Waals surface area contributed by atoms with Crippen molar-refractivity contribution >= 4 is 17.9 Å². The lowest BCUT2D eigenvalue weighted by atomic mass is 10.0. The molecule has 0 aromatic carbocycles. The van der Waals surface area contributed by atoms with Crippen LogP contribution in [0, 0.1) is 5.92 Å². The molecule has 0 rings (SSSR count). The summed E-state index contributed by atoms with van der Waals surface area (Å²) >= 11 is 0. The number of carbonyl (C=O) groups is 3. The van der Waals surface area contributed by atoms with E-state index in [1.54, 1.807) is 0 Å². The summed E-state index contributed by atoms with van der Waals surface area (Å²) in [5.41, 5.74) is 0. The van der Waals surface area contributed by atoms with E-state index in [2.05, 4.69) is 27.7 Å². The Kier molecular flexibility index (Phi) is 48.1. The summed E-state index contributed by atoms with van der Waals surface area (Å²) in [6.07, 6.45) is 52.4. The summed E-state index contributed by atoms with van der Waals surface area (Å²) in [5.74, 6) is -0.0160. The molecule has 6 nitrogen and oxygen atoms in total. The average Bonchev–Trinajstić information content (AvgIpc) is 3.24. The van der Waals surface area contributed by atoms with Gasteiger partial charge in [-0.25, -0.2) is 0 Å². The third-order valence-electron chi connectivity index (χ3n) is 12.5. The fraction of sp³-hybridized carbons (Fsp3) is 0.945. The second-order valence-corrected chi connectivity index (χ2v) is 19.3.